The van der Waals surface area contributed by atoms with Crippen molar-refractivity contribution in [2.45, 2.75) is 13.8 Å². The van der Waals surface area contributed by atoms with E-state index in [0.29, 0.717) is 0 Å². The van der Waals surface area contributed by atoms with Gasteiger partial charge in [-0.1, -0.05) is 24.3 Å². The van der Waals surface area contributed by atoms with E-state index in [9.17, 15) is 9.18 Å². The number of hydrogen-bond donors (Lipinski definition) is 2. The molecule has 126 valence electrons. The average molecular weight is 335 g/mol. The van der Waals surface area contributed by atoms with Crippen molar-refractivity contribution in [3.8, 4) is 0 Å². The number of rotatable bonds is 4. The Morgan fingerprint density at radius 1 is 0.960 bits per heavy atom. The summed E-state index contributed by atoms with van der Waals surface area (Å²) < 4.78 is 13.6. The normalized spacial score (nSPS) is 10.4. The second kappa shape index (κ2) is 7.13. The first-order chi connectivity index (χ1) is 12.0. The van der Waals surface area contributed by atoms with Crippen LogP contribution in [0.1, 0.15) is 21.6 Å². The van der Waals surface area contributed by atoms with Crippen molar-refractivity contribution in [3.63, 3.8) is 0 Å². The number of amides is 1. The fraction of sp³-hybridized carbons (Fsp3) is 0.100. The van der Waals surface area contributed by atoms with E-state index >= 15 is 0 Å². The summed E-state index contributed by atoms with van der Waals surface area (Å²) in [7, 11) is 0. The molecule has 0 unspecified atom stereocenters. The van der Waals surface area contributed by atoms with Crippen molar-refractivity contribution in [2.75, 3.05) is 10.6 Å². The first-order valence-corrected chi connectivity index (χ1v) is 7.90. The van der Waals surface area contributed by atoms with Crippen LogP contribution in [0.4, 0.5) is 21.5 Å². The standard InChI is InChI=1S/C20H18FN3O/c1-13-6-5-9-17(14(13)2)23-15-10-11-19(22-12-15)20(25)24-18-8-4-3-7-16(18)21/h3-12,23H,1-2H3,(H,24,25). The molecule has 3 aromatic rings. The molecule has 1 amide bonds. The van der Waals surface area contributed by atoms with Gasteiger partial charge in [-0.25, -0.2) is 9.37 Å². The zero-order valence-electron chi connectivity index (χ0n) is 14.0. The number of aromatic nitrogens is 1. The molecule has 5 heteroatoms. The number of hydrogen-bond acceptors (Lipinski definition) is 3. The number of anilines is 3. The van der Waals surface area contributed by atoms with Crippen molar-refractivity contribution in [2.24, 2.45) is 0 Å². The molecule has 25 heavy (non-hydrogen) atoms. The molecule has 3 rings (SSSR count). The Morgan fingerprint density at radius 3 is 2.44 bits per heavy atom. The molecule has 0 radical (unpaired) electrons. The van der Waals surface area contributed by atoms with E-state index in [0.717, 1.165) is 16.9 Å². The summed E-state index contributed by atoms with van der Waals surface area (Å²) in [5, 5.41) is 5.80. The largest absolute Gasteiger partial charge is 0.354 e. The van der Waals surface area contributed by atoms with Gasteiger partial charge in [0, 0.05) is 5.69 Å². The maximum Gasteiger partial charge on any atom is 0.274 e. The predicted octanol–water partition coefficient (Wildman–Crippen LogP) is 4.83. The van der Waals surface area contributed by atoms with Gasteiger partial charge in [-0.3, -0.25) is 4.79 Å². The zero-order valence-corrected chi connectivity index (χ0v) is 14.0. The molecule has 0 aliphatic rings. The first kappa shape index (κ1) is 16.6. The lowest BCUT2D eigenvalue weighted by Gasteiger charge is -2.11. The van der Waals surface area contributed by atoms with Gasteiger partial charge in [0.2, 0.25) is 0 Å². The monoisotopic (exact) mass is 335 g/mol. The van der Waals surface area contributed by atoms with Gasteiger partial charge in [0.1, 0.15) is 11.5 Å². The molecule has 1 heterocycles. The van der Waals surface area contributed by atoms with Crippen molar-refractivity contribution >= 4 is 23.0 Å². The number of halogens is 1. The topological polar surface area (TPSA) is 54.0 Å². The summed E-state index contributed by atoms with van der Waals surface area (Å²) in [6, 6.07) is 15.4. The van der Waals surface area contributed by atoms with Gasteiger partial charge in [0.15, 0.2) is 0 Å². The third-order valence-electron chi connectivity index (χ3n) is 4.00. The van der Waals surface area contributed by atoms with Crippen molar-refractivity contribution < 1.29 is 9.18 Å². The number of para-hydroxylation sites is 1. The summed E-state index contributed by atoms with van der Waals surface area (Å²) in [5.41, 5.74) is 4.46. The molecule has 4 nitrogen and oxygen atoms in total. The van der Waals surface area contributed by atoms with Gasteiger partial charge in [0.25, 0.3) is 5.91 Å². The molecular weight excluding hydrogens is 317 g/mol. The number of aryl methyl sites for hydroxylation is 1. The van der Waals surface area contributed by atoms with Crippen LogP contribution >= 0.6 is 0 Å². The highest BCUT2D eigenvalue weighted by Crippen LogP contribution is 2.22. The number of carbonyl (C=O) groups is 1. The molecule has 2 N–H and O–H groups in total. The van der Waals surface area contributed by atoms with Crippen LogP contribution in [-0.4, -0.2) is 10.9 Å². The Bertz CT molecular complexity index is 907. The third-order valence-corrected chi connectivity index (χ3v) is 4.00. The van der Waals surface area contributed by atoms with E-state index in [1.54, 1.807) is 30.5 Å². The Balaban J connectivity index is 1.73. The molecular formula is C20H18FN3O. The van der Waals surface area contributed by atoms with E-state index in [4.69, 9.17) is 0 Å². The second-order valence-electron chi connectivity index (χ2n) is 5.74. The molecule has 0 spiro atoms. The van der Waals surface area contributed by atoms with Crippen LogP contribution in [0.5, 0.6) is 0 Å². The number of nitrogens with zero attached hydrogens (tertiary/aromatic N) is 1. The first-order valence-electron chi connectivity index (χ1n) is 7.90. The number of benzene rings is 2. The van der Waals surface area contributed by atoms with Crippen LogP contribution < -0.4 is 10.6 Å². The summed E-state index contributed by atoms with van der Waals surface area (Å²) >= 11 is 0. The van der Waals surface area contributed by atoms with Crippen LogP contribution in [0.15, 0.2) is 60.8 Å². The van der Waals surface area contributed by atoms with E-state index in [1.807, 2.05) is 19.1 Å². The summed E-state index contributed by atoms with van der Waals surface area (Å²) in [6.07, 6.45) is 1.58. The Morgan fingerprint density at radius 2 is 1.72 bits per heavy atom. The molecule has 2 aromatic carbocycles. The number of pyridine rings is 1. The van der Waals surface area contributed by atoms with Gasteiger partial charge in [-0.05, 0) is 55.3 Å². The molecule has 0 fully saturated rings. The molecule has 0 saturated heterocycles. The second-order valence-corrected chi connectivity index (χ2v) is 5.74. The number of carbonyl (C=O) groups excluding carboxylic acids is 1. The van der Waals surface area contributed by atoms with Crippen LogP contribution in [-0.2, 0) is 0 Å². The van der Waals surface area contributed by atoms with Gasteiger partial charge in [-0.2, -0.15) is 0 Å². The Hall–Kier alpha value is -3.21. The highest BCUT2D eigenvalue weighted by Gasteiger charge is 2.10. The molecule has 0 saturated carbocycles. The summed E-state index contributed by atoms with van der Waals surface area (Å²) in [5.74, 6) is -0.938. The maximum absolute atomic E-state index is 13.6. The van der Waals surface area contributed by atoms with Gasteiger partial charge < -0.3 is 10.6 Å². The minimum atomic E-state index is -0.482. The van der Waals surface area contributed by atoms with Crippen molar-refractivity contribution in [1.29, 1.82) is 0 Å². The third kappa shape index (κ3) is 3.83. The fourth-order valence-electron chi connectivity index (χ4n) is 2.39. The number of nitrogens with one attached hydrogen (secondary N) is 2. The Labute approximate surface area is 145 Å². The molecule has 0 atom stereocenters. The van der Waals surface area contributed by atoms with E-state index in [2.05, 4.69) is 28.6 Å². The molecule has 1 aromatic heterocycles. The van der Waals surface area contributed by atoms with Gasteiger partial charge in [0.05, 0.1) is 17.6 Å². The van der Waals surface area contributed by atoms with Crippen LogP contribution in [0, 0.1) is 19.7 Å². The maximum atomic E-state index is 13.6. The quantitative estimate of drug-likeness (QED) is 0.718. The van der Waals surface area contributed by atoms with Crippen LogP contribution in [0.25, 0.3) is 0 Å². The molecule has 0 aliphatic carbocycles. The Kier molecular flexibility index (Phi) is 4.75. The van der Waals surface area contributed by atoms with E-state index < -0.39 is 11.7 Å². The zero-order chi connectivity index (χ0) is 17.8. The lowest BCUT2D eigenvalue weighted by molar-refractivity contribution is 0.102. The van der Waals surface area contributed by atoms with Crippen LogP contribution in [0.3, 0.4) is 0 Å². The highest BCUT2D eigenvalue weighted by molar-refractivity contribution is 6.03. The smallest absolute Gasteiger partial charge is 0.274 e. The minimum absolute atomic E-state index is 0.131. The molecule has 0 bridgehead atoms. The summed E-state index contributed by atoms with van der Waals surface area (Å²) in [6.45, 7) is 4.09. The SMILES string of the molecule is Cc1cccc(Nc2ccc(C(=O)Nc3ccccc3F)nc2)c1C. The van der Waals surface area contributed by atoms with Gasteiger partial charge >= 0.3 is 0 Å². The lowest BCUT2D eigenvalue weighted by Crippen LogP contribution is -2.14. The van der Waals surface area contributed by atoms with E-state index in [1.165, 1.54) is 17.7 Å². The molecule has 0 aliphatic heterocycles. The van der Waals surface area contributed by atoms with Gasteiger partial charge in [-0.15, -0.1) is 0 Å². The predicted molar refractivity (Wildman–Crippen MR) is 97.8 cm³/mol. The van der Waals surface area contributed by atoms with Crippen molar-refractivity contribution in [3.05, 3.63) is 83.4 Å². The van der Waals surface area contributed by atoms with E-state index in [-0.39, 0.29) is 11.4 Å². The highest BCUT2D eigenvalue weighted by atomic mass is 19.1. The van der Waals surface area contributed by atoms with Crippen molar-refractivity contribution in [1.82, 2.24) is 4.98 Å². The fourth-order valence-corrected chi connectivity index (χ4v) is 2.39. The minimum Gasteiger partial charge on any atom is -0.354 e. The average Bonchev–Trinajstić information content (AvgIpc) is 2.61. The lowest BCUT2D eigenvalue weighted by atomic mass is 10.1. The summed E-state index contributed by atoms with van der Waals surface area (Å²) in [4.78, 5) is 16.3. The van der Waals surface area contributed by atoms with Crippen LogP contribution in [0.2, 0.25) is 0 Å².